The van der Waals surface area contributed by atoms with Gasteiger partial charge >= 0.3 is 5.69 Å². The van der Waals surface area contributed by atoms with E-state index in [4.69, 9.17) is 10.3 Å². The van der Waals surface area contributed by atoms with E-state index in [1.807, 2.05) is 57.2 Å². The Morgan fingerprint density at radius 1 is 1.35 bits per heavy atom. The third kappa shape index (κ3) is 3.01. The quantitative estimate of drug-likeness (QED) is 0.687. The fourth-order valence-corrected chi connectivity index (χ4v) is 3.17. The molecule has 6 heteroatoms. The summed E-state index contributed by atoms with van der Waals surface area (Å²) in [7, 11) is 0. The van der Waals surface area contributed by atoms with Gasteiger partial charge in [-0.1, -0.05) is 48.1 Å². The maximum Gasteiger partial charge on any atom is 0.328 e. The summed E-state index contributed by atoms with van der Waals surface area (Å²) in [6, 6.07) is 9.62. The van der Waals surface area contributed by atoms with Crippen molar-refractivity contribution < 1.29 is 4.52 Å². The van der Waals surface area contributed by atoms with Gasteiger partial charge in [-0.3, -0.25) is 9.55 Å². The molecule has 0 aliphatic heterocycles. The maximum absolute atomic E-state index is 12.5. The monoisotopic (exact) mass is 350 g/mol. The topological polar surface area (TPSA) is 89.8 Å². The number of nitrogens with two attached hydrogens (primary N) is 1. The average Bonchev–Trinajstić information content (AvgIpc) is 3.11. The van der Waals surface area contributed by atoms with E-state index in [1.54, 1.807) is 10.6 Å². The van der Waals surface area contributed by atoms with Crippen LogP contribution in [0.15, 0.2) is 52.3 Å². The molecule has 0 amide bonds. The summed E-state index contributed by atoms with van der Waals surface area (Å²) in [5.41, 5.74) is 9.86. The molecule has 1 atom stereocenters. The minimum absolute atomic E-state index is 0.181. The SMILES string of the molecule is C=C/C(=C\c1c(N)[nH]c(=O)n1C(C)c1ccccc1)c1c(C)noc1C. The van der Waals surface area contributed by atoms with Crippen molar-refractivity contribution in [3.8, 4) is 0 Å². The first kappa shape index (κ1) is 17.5. The van der Waals surface area contributed by atoms with Gasteiger partial charge in [-0.05, 0) is 38.0 Å². The molecule has 134 valence electrons. The van der Waals surface area contributed by atoms with Crippen molar-refractivity contribution in [1.29, 1.82) is 0 Å². The van der Waals surface area contributed by atoms with Gasteiger partial charge in [-0.25, -0.2) is 4.79 Å². The molecule has 0 aliphatic rings. The van der Waals surface area contributed by atoms with Gasteiger partial charge in [0.1, 0.15) is 11.6 Å². The molecule has 26 heavy (non-hydrogen) atoms. The Morgan fingerprint density at radius 2 is 2.04 bits per heavy atom. The highest BCUT2D eigenvalue weighted by molar-refractivity contribution is 5.89. The molecule has 0 radical (unpaired) electrons. The van der Waals surface area contributed by atoms with E-state index < -0.39 is 0 Å². The summed E-state index contributed by atoms with van der Waals surface area (Å²) >= 11 is 0. The first-order valence-corrected chi connectivity index (χ1v) is 8.36. The lowest BCUT2D eigenvalue weighted by Gasteiger charge is -2.15. The van der Waals surface area contributed by atoms with Crippen molar-refractivity contribution in [2.45, 2.75) is 26.8 Å². The normalized spacial score (nSPS) is 13.0. The number of aromatic amines is 1. The van der Waals surface area contributed by atoms with E-state index in [2.05, 4.69) is 16.7 Å². The van der Waals surface area contributed by atoms with E-state index >= 15 is 0 Å². The second-order valence-electron chi connectivity index (χ2n) is 6.19. The number of hydrogen-bond acceptors (Lipinski definition) is 4. The first-order valence-electron chi connectivity index (χ1n) is 8.36. The van der Waals surface area contributed by atoms with Gasteiger partial charge < -0.3 is 10.3 Å². The third-order valence-corrected chi connectivity index (χ3v) is 4.50. The summed E-state index contributed by atoms with van der Waals surface area (Å²) in [4.78, 5) is 15.2. The lowest BCUT2D eigenvalue weighted by atomic mass is 10.0. The molecule has 0 saturated carbocycles. The molecule has 6 nitrogen and oxygen atoms in total. The molecular formula is C20H22N4O2. The smallest absolute Gasteiger partial charge is 0.328 e. The van der Waals surface area contributed by atoms with Crippen LogP contribution in [0.3, 0.4) is 0 Å². The Hall–Kier alpha value is -3.28. The lowest BCUT2D eigenvalue weighted by molar-refractivity contribution is 0.393. The Bertz CT molecular complexity index is 1000. The van der Waals surface area contributed by atoms with E-state index in [0.29, 0.717) is 17.3 Å². The summed E-state index contributed by atoms with van der Waals surface area (Å²) in [6.45, 7) is 9.56. The number of rotatable bonds is 5. The van der Waals surface area contributed by atoms with Gasteiger partial charge in [0.15, 0.2) is 0 Å². The zero-order valence-corrected chi connectivity index (χ0v) is 15.1. The van der Waals surface area contributed by atoms with Crippen LogP contribution in [0.1, 0.15) is 41.2 Å². The van der Waals surface area contributed by atoms with Crippen molar-refractivity contribution in [1.82, 2.24) is 14.7 Å². The lowest BCUT2D eigenvalue weighted by Crippen LogP contribution is -2.22. The fourth-order valence-electron chi connectivity index (χ4n) is 3.17. The number of nitrogens with zero attached hydrogens (tertiary/aromatic N) is 2. The zero-order chi connectivity index (χ0) is 18.8. The molecule has 3 rings (SSSR count). The number of nitrogens with one attached hydrogen (secondary N) is 1. The molecule has 0 bridgehead atoms. The van der Waals surface area contributed by atoms with Crippen LogP contribution >= 0.6 is 0 Å². The van der Waals surface area contributed by atoms with Crippen molar-refractivity contribution in [3.63, 3.8) is 0 Å². The molecule has 1 aromatic carbocycles. The second kappa shape index (κ2) is 6.92. The van der Waals surface area contributed by atoms with Crippen LogP contribution in [0.5, 0.6) is 0 Å². The molecule has 0 aliphatic carbocycles. The Kier molecular flexibility index (Phi) is 4.67. The second-order valence-corrected chi connectivity index (χ2v) is 6.19. The van der Waals surface area contributed by atoms with Gasteiger partial charge in [0.05, 0.1) is 17.4 Å². The van der Waals surface area contributed by atoms with Crippen molar-refractivity contribution in [3.05, 3.63) is 81.7 Å². The van der Waals surface area contributed by atoms with E-state index in [0.717, 1.165) is 22.4 Å². The van der Waals surface area contributed by atoms with Gasteiger partial charge in [-0.2, -0.15) is 0 Å². The molecule has 0 saturated heterocycles. The highest BCUT2D eigenvalue weighted by Crippen LogP contribution is 2.28. The molecule has 3 N–H and O–H groups in total. The number of benzene rings is 1. The number of H-pyrrole nitrogens is 1. The standard InChI is InChI=1S/C20H22N4O2/c1-5-15(18-12(2)23-26-14(18)4)11-17-19(21)22-20(25)24(17)13(3)16-9-7-6-8-10-16/h5-11,13H,1,21H2,2-4H3,(H,22,25)/b15-11+. The van der Waals surface area contributed by atoms with Gasteiger partial charge in [0.2, 0.25) is 0 Å². The predicted octanol–water partition coefficient (Wildman–Crippen LogP) is 3.70. The molecule has 0 spiro atoms. The first-order chi connectivity index (χ1) is 12.4. The molecule has 1 unspecified atom stereocenters. The van der Waals surface area contributed by atoms with E-state index in [-0.39, 0.29) is 11.7 Å². The summed E-state index contributed by atoms with van der Waals surface area (Å²) in [5.74, 6) is 0.997. The summed E-state index contributed by atoms with van der Waals surface area (Å²) in [5, 5.41) is 3.99. The number of hydrogen-bond donors (Lipinski definition) is 2. The number of anilines is 1. The number of imidazole rings is 1. The Morgan fingerprint density at radius 3 is 2.62 bits per heavy atom. The van der Waals surface area contributed by atoms with Crippen LogP contribution in [0.25, 0.3) is 11.6 Å². The van der Waals surface area contributed by atoms with E-state index in [1.165, 1.54) is 0 Å². The molecule has 0 fully saturated rings. The minimum atomic E-state index is -0.257. The van der Waals surface area contributed by atoms with Crippen LogP contribution in [-0.4, -0.2) is 14.7 Å². The van der Waals surface area contributed by atoms with Crippen LogP contribution < -0.4 is 11.4 Å². The molecule has 2 aromatic heterocycles. The van der Waals surface area contributed by atoms with Crippen molar-refractivity contribution >= 4 is 17.5 Å². The molecule has 3 aromatic rings. The number of aryl methyl sites for hydroxylation is 2. The number of allylic oxidation sites excluding steroid dienone is 2. The van der Waals surface area contributed by atoms with Crippen LogP contribution in [0, 0.1) is 13.8 Å². The van der Waals surface area contributed by atoms with Crippen LogP contribution in [-0.2, 0) is 0 Å². The summed E-state index contributed by atoms with van der Waals surface area (Å²) in [6.07, 6.45) is 3.55. The van der Waals surface area contributed by atoms with Crippen molar-refractivity contribution in [2.24, 2.45) is 0 Å². The largest absolute Gasteiger partial charge is 0.383 e. The van der Waals surface area contributed by atoms with Gasteiger partial charge in [0.25, 0.3) is 0 Å². The van der Waals surface area contributed by atoms with Gasteiger partial charge in [-0.15, -0.1) is 0 Å². The minimum Gasteiger partial charge on any atom is -0.383 e. The highest BCUT2D eigenvalue weighted by atomic mass is 16.5. The molecule has 2 heterocycles. The van der Waals surface area contributed by atoms with Crippen LogP contribution in [0.2, 0.25) is 0 Å². The third-order valence-electron chi connectivity index (χ3n) is 4.50. The number of aromatic nitrogens is 3. The predicted molar refractivity (Wildman–Crippen MR) is 104 cm³/mol. The number of nitrogen functional groups attached to an aromatic ring is 1. The summed E-state index contributed by atoms with van der Waals surface area (Å²) < 4.78 is 6.90. The fraction of sp³-hybridized carbons (Fsp3) is 0.200. The Labute approximate surface area is 151 Å². The van der Waals surface area contributed by atoms with Crippen molar-refractivity contribution in [2.75, 3.05) is 5.73 Å². The molecular weight excluding hydrogens is 328 g/mol. The average molecular weight is 350 g/mol. The van der Waals surface area contributed by atoms with E-state index in [9.17, 15) is 4.79 Å². The Balaban J connectivity index is 2.17. The highest BCUT2D eigenvalue weighted by Gasteiger charge is 2.19. The zero-order valence-electron chi connectivity index (χ0n) is 15.1. The van der Waals surface area contributed by atoms with Gasteiger partial charge in [0, 0.05) is 5.56 Å². The maximum atomic E-state index is 12.5. The van der Waals surface area contributed by atoms with Crippen LogP contribution in [0.4, 0.5) is 5.82 Å².